The number of aromatic nitrogens is 2. The molecule has 0 saturated carbocycles. The highest BCUT2D eigenvalue weighted by Crippen LogP contribution is 2.24. The van der Waals surface area contributed by atoms with E-state index in [1.807, 2.05) is 6.92 Å². The van der Waals surface area contributed by atoms with E-state index in [2.05, 4.69) is 10.1 Å². The SMILES string of the molecule is CCCC(O)c1noc(-c2ccc(Cl)c(F)c2)n1. The number of halogens is 2. The molecule has 0 radical (unpaired) electrons. The molecule has 1 unspecified atom stereocenters. The molecule has 0 amide bonds. The van der Waals surface area contributed by atoms with Crippen LogP contribution >= 0.6 is 11.6 Å². The molecule has 0 bridgehead atoms. The van der Waals surface area contributed by atoms with Gasteiger partial charge in [-0.3, -0.25) is 0 Å². The molecule has 2 rings (SSSR count). The Morgan fingerprint density at radius 3 is 2.94 bits per heavy atom. The van der Waals surface area contributed by atoms with Gasteiger partial charge >= 0.3 is 0 Å². The number of benzene rings is 1. The molecule has 0 spiro atoms. The fourth-order valence-electron chi connectivity index (χ4n) is 1.52. The van der Waals surface area contributed by atoms with Gasteiger partial charge in [0.1, 0.15) is 11.9 Å². The maximum atomic E-state index is 13.3. The lowest BCUT2D eigenvalue weighted by atomic mass is 10.2. The van der Waals surface area contributed by atoms with E-state index in [0.29, 0.717) is 12.0 Å². The standard InChI is InChI=1S/C12H12ClFN2O2/c1-2-3-10(17)11-15-12(18-16-11)7-4-5-8(13)9(14)6-7/h4-6,10,17H,2-3H2,1H3. The largest absolute Gasteiger partial charge is 0.385 e. The minimum absolute atomic E-state index is 0.0320. The van der Waals surface area contributed by atoms with Crippen molar-refractivity contribution in [3.8, 4) is 11.5 Å². The van der Waals surface area contributed by atoms with Crippen LogP contribution in [-0.2, 0) is 0 Å². The van der Waals surface area contributed by atoms with Crippen molar-refractivity contribution in [2.75, 3.05) is 0 Å². The zero-order valence-electron chi connectivity index (χ0n) is 9.73. The first-order valence-electron chi connectivity index (χ1n) is 5.59. The number of nitrogens with zero attached hydrogens (tertiary/aromatic N) is 2. The maximum absolute atomic E-state index is 13.3. The van der Waals surface area contributed by atoms with Crippen molar-refractivity contribution in [2.45, 2.75) is 25.9 Å². The van der Waals surface area contributed by atoms with Crippen LogP contribution in [-0.4, -0.2) is 15.2 Å². The average Bonchev–Trinajstić information content (AvgIpc) is 2.82. The molecule has 1 atom stereocenters. The van der Waals surface area contributed by atoms with Crippen LogP contribution in [0, 0.1) is 5.82 Å². The van der Waals surface area contributed by atoms with Crippen molar-refractivity contribution in [1.82, 2.24) is 10.1 Å². The number of aliphatic hydroxyl groups excluding tert-OH is 1. The molecule has 0 saturated heterocycles. The van der Waals surface area contributed by atoms with Gasteiger partial charge in [0, 0.05) is 5.56 Å². The van der Waals surface area contributed by atoms with Crippen LogP contribution in [0.1, 0.15) is 31.7 Å². The van der Waals surface area contributed by atoms with Crippen molar-refractivity contribution in [2.24, 2.45) is 0 Å². The first-order valence-corrected chi connectivity index (χ1v) is 5.96. The highest BCUT2D eigenvalue weighted by molar-refractivity contribution is 6.30. The molecule has 0 fully saturated rings. The Hall–Kier alpha value is -1.46. The fourth-order valence-corrected chi connectivity index (χ4v) is 1.64. The first-order chi connectivity index (χ1) is 8.61. The molecule has 1 aromatic heterocycles. The molecule has 18 heavy (non-hydrogen) atoms. The molecule has 6 heteroatoms. The van der Waals surface area contributed by atoms with Crippen LogP contribution in [0.15, 0.2) is 22.7 Å². The summed E-state index contributed by atoms with van der Waals surface area (Å²) in [5.41, 5.74) is 0.430. The number of hydrogen-bond acceptors (Lipinski definition) is 4. The summed E-state index contributed by atoms with van der Waals surface area (Å²) in [6.07, 6.45) is 0.596. The Balaban J connectivity index is 2.26. The third-order valence-corrected chi connectivity index (χ3v) is 2.77. The van der Waals surface area contributed by atoms with Crippen LogP contribution in [0.3, 0.4) is 0 Å². The molecule has 0 aliphatic carbocycles. The van der Waals surface area contributed by atoms with Crippen LogP contribution in [0.4, 0.5) is 4.39 Å². The summed E-state index contributed by atoms with van der Waals surface area (Å²) in [7, 11) is 0. The third kappa shape index (κ3) is 2.68. The van der Waals surface area contributed by atoms with Crippen LogP contribution in [0.2, 0.25) is 5.02 Å². The lowest BCUT2D eigenvalue weighted by Crippen LogP contribution is -1.98. The second-order valence-corrected chi connectivity index (χ2v) is 4.30. The van der Waals surface area contributed by atoms with Gasteiger partial charge in [0.25, 0.3) is 5.89 Å². The highest BCUT2D eigenvalue weighted by atomic mass is 35.5. The maximum Gasteiger partial charge on any atom is 0.258 e. The lowest BCUT2D eigenvalue weighted by Gasteiger charge is -2.01. The van der Waals surface area contributed by atoms with Gasteiger partial charge in [0.15, 0.2) is 0 Å². The van der Waals surface area contributed by atoms with Gasteiger partial charge in [-0.15, -0.1) is 0 Å². The second-order valence-electron chi connectivity index (χ2n) is 3.89. The monoisotopic (exact) mass is 270 g/mol. The van der Waals surface area contributed by atoms with Crippen molar-refractivity contribution < 1.29 is 14.0 Å². The number of rotatable bonds is 4. The minimum Gasteiger partial charge on any atom is -0.385 e. The number of aliphatic hydroxyl groups is 1. The summed E-state index contributed by atoms with van der Waals surface area (Å²) in [6.45, 7) is 1.94. The van der Waals surface area contributed by atoms with Crippen molar-refractivity contribution in [1.29, 1.82) is 0 Å². The van der Waals surface area contributed by atoms with E-state index < -0.39 is 11.9 Å². The summed E-state index contributed by atoms with van der Waals surface area (Å²) in [6, 6.07) is 4.21. The predicted molar refractivity (Wildman–Crippen MR) is 64.6 cm³/mol. The van der Waals surface area contributed by atoms with Gasteiger partial charge in [0.2, 0.25) is 5.82 Å². The smallest absolute Gasteiger partial charge is 0.258 e. The van der Waals surface area contributed by atoms with Crippen LogP contribution in [0.5, 0.6) is 0 Å². The van der Waals surface area contributed by atoms with Crippen LogP contribution < -0.4 is 0 Å². The Morgan fingerprint density at radius 1 is 1.50 bits per heavy atom. The highest BCUT2D eigenvalue weighted by Gasteiger charge is 2.16. The molecule has 1 N–H and O–H groups in total. The lowest BCUT2D eigenvalue weighted by molar-refractivity contribution is 0.153. The van der Waals surface area contributed by atoms with Crippen molar-refractivity contribution in [3.63, 3.8) is 0 Å². The average molecular weight is 271 g/mol. The van der Waals surface area contributed by atoms with Crippen LogP contribution in [0.25, 0.3) is 11.5 Å². The van der Waals surface area contributed by atoms with Crippen molar-refractivity contribution >= 4 is 11.6 Å². The van der Waals surface area contributed by atoms with E-state index in [0.717, 1.165) is 6.42 Å². The molecule has 1 heterocycles. The zero-order chi connectivity index (χ0) is 13.1. The Morgan fingerprint density at radius 2 is 2.28 bits per heavy atom. The topological polar surface area (TPSA) is 59.2 Å². The van der Waals surface area contributed by atoms with Gasteiger partial charge in [-0.2, -0.15) is 4.98 Å². The summed E-state index contributed by atoms with van der Waals surface area (Å²) >= 11 is 5.58. The summed E-state index contributed by atoms with van der Waals surface area (Å²) in [5, 5.41) is 13.4. The van der Waals surface area contributed by atoms with E-state index >= 15 is 0 Å². The van der Waals surface area contributed by atoms with E-state index in [4.69, 9.17) is 16.1 Å². The zero-order valence-corrected chi connectivity index (χ0v) is 10.5. The minimum atomic E-state index is -0.760. The quantitative estimate of drug-likeness (QED) is 0.925. The van der Waals surface area contributed by atoms with Gasteiger partial charge in [-0.05, 0) is 24.6 Å². The second kappa shape index (κ2) is 5.46. The Kier molecular flexibility index (Phi) is 3.93. The third-order valence-electron chi connectivity index (χ3n) is 2.47. The molecule has 0 aliphatic heterocycles. The molecular formula is C12H12ClFN2O2. The van der Waals surface area contributed by atoms with E-state index in [1.54, 1.807) is 6.07 Å². The summed E-state index contributed by atoms with van der Waals surface area (Å²) in [5.74, 6) is -0.180. The summed E-state index contributed by atoms with van der Waals surface area (Å²) < 4.78 is 18.3. The summed E-state index contributed by atoms with van der Waals surface area (Å²) in [4.78, 5) is 4.03. The Labute approximate surface area is 108 Å². The van der Waals surface area contributed by atoms with Gasteiger partial charge in [-0.25, -0.2) is 4.39 Å². The molecule has 1 aromatic carbocycles. The molecule has 96 valence electrons. The van der Waals surface area contributed by atoms with Gasteiger partial charge in [0.05, 0.1) is 5.02 Å². The molecule has 2 aromatic rings. The molecule has 0 aliphatic rings. The molecular weight excluding hydrogens is 259 g/mol. The molecule has 4 nitrogen and oxygen atoms in total. The van der Waals surface area contributed by atoms with Gasteiger partial charge in [-0.1, -0.05) is 30.1 Å². The van der Waals surface area contributed by atoms with E-state index in [1.165, 1.54) is 12.1 Å². The van der Waals surface area contributed by atoms with Gasteiger partial charge < -0.3 is 9.63 Å². The predicted octanol–water partition coefficient (Wildman–Crippen LogP) is 3.36. The normalized spacial score (nSPS) is 12.7. The first kappa shape index (κ1) is 13.0. The van der Waals surface area contributed by atoms with E-state index in [9.17, 15) is 9.50 Å². The Bertz CT molecular complexity index is 545. The fraction of sp³-hybridized carbons (Fsp3) is 0.333. The van der Waals surface area contributed by atoms with E-state index in [-0.39, 0.29) is 16.7 Å². The van der Waals surface area contributed by atoms with Crippen molar-refractivity contribution in [3.05, 3.63) is 34.9 Å². The number of hydrogen-bond donors (Lipinski definition) is 1.